The Balaban J connectivity index is 1.85. The summed E-state index contributed by atoms with van der Waals surface area (Å²) < 4.78 is 6.57. The summed E-state index contributed by atoms with van der Waals surface area (Å²) in [6.45, 7) is 0. The molecule has 2 aromatic carbocycles. The minimum Gasteiger partial charge on any atom is -0.496 e. The van der Waals surface area contributed by atoms with Crippen LogP contribution < -0.4 is 4.74 Å². The molecule has 0 spiro atoms. The topological polar surface area (TPSA) is 9.23 Å². The van der Waals surface area contributed by atoms with Crippen LogP contribution in [0.3, 0.4) is 0 Å². The molecular formula is C18H18BrClO. The van der Waals surface area contributed by atoms with Crippen molar-refractivity contribution in [1.82, 2.24) is 0 Å². The number of aryl methyl sites for hydroxylation is 1. The highest BCUT2D eigenvalue weighted by atomic mass is 79.9. The van der Waals surface area contributed by atoms with Crippen molar-refractivity contribution in [3.63, 3.8) is 0 Å². The molecule has 0 saturated heterocycles. The summed E-state index contributed by atoms with van der Waals surface area (Å²) in [4.78, 5) is 0. The molecule has 0 saturated carbocycles. The van der Waals surface area contributed by atoms with Crippen molar-refractivity contribution < 1.29 is 4.74 Å². The van der Waals surface area contributed by atoms with Gasteiger partial charge in [0.1, 0.15) is 5.75 Å². The van der Waals surface area contributed by atoms with Crippen molar-refractivity contribution in [2.45, 2.75) is 24.6 Å². The molecular weight excluding hydrogens is 348 g/mol. The summed E-state index contributed by atoms with van der Waals surface area (Å²) >= 11 is 10.3. The largest absolute Gasteiger partial charge is 0.496 e. The van der Waals surface area contributed by atoms with Gasteiger partial charge in [0, 0.05) is 4.47 Å². The molecule has 0 heterocycles. The summed E-state index contributed by atoms with van der Waals surface area (Å²) in [6, 6.07) is 14.7. The second kappa shape index (κ2) is 6.41. The van der Waals surface area contributed by atoms with Gasteiger partial charge in [-0.05, 0) is 60.1 Å². The van der Waals surface area contributed by atoms with Gasteiger partial charge in [-0.25, -0.2) is 0 Å². The number of methoxy groups -OCH3 is 1. The van der Waals surface area contributed by atoms with Gasteiger partial charge in [-0.2, -0.15) is 0 Å². The summed E-state index contributed by atoms with van der Waals surface area (Å²) in [5.74, 6) is 1.39. The molecule has 21 heavy (non-hydrogen) atoms. The lowest BCUT2D eigenvalue weighted by Crippen LogP contribution is -2.19. The molecule has 0 aliphatic heterocycles. The standard InChI is InChI=1S/C18H18BrClO/c1-21-17-9-8-15(19)11-14(17)10-13-7-6-12-4-2-3-5-16(12)18(13)20/h2-5,8-9,11,13,18H,6-7,10H2,1H3. The van der Waals surface area contributed by atoms with Crippen LogP contribution in [0.5, 0.6) is 5.75 Å². The molecule has 0 fully saturated rings. The Morgan fingerprint density at radius 2 is 2.05 bits per heavy atom. The lowest BCUT2D eigenvalue weighted by Gasteiger charge is -2.30. The first-order valence-corrected chi connectivity index (χ1v) is 8.46. The molecule has 3 rings (SSSR count). The summed E-state index contributed by atoms with van der Waals surface area (Å²) in [5.41, 5.74) is 3.92. The molecule has 1 aliphatic rings. The van der Waals surface area contributed by atoms with Gasteiger partial charge in [-0.15, -0.1) is 11.6 Å². The maximum Gasteiger partial charge on any atom is 0.122 e. The first-order chi connectivity index (χ1) is 10.2. The third-order valence-electron chi connectivity index (χ3n) is 4.28. The molecule has 0 N–H and O–H groups in total. The van der Waals surface area contributed by atoms with Crippen molar-refractivity contribution in [2.24, 2.45) is 5.92 Å². The minimum absolute atomic E-state index is 0.0821. The molecule has 1 aliphatic carbocycles. The van der Waals surface area contributed by atoms with E-state index in [1.807, 2.05) is 12.1 Å². The fraction of sp³-hybridized carbons (Fsp3) is 0.333. The van der Waals surface area contributed by atoms with E-state index in [9.17, 15) is 0 Å². The summed E-state index contributed by atoms with van der Waals surface area (Å²) in [7, 11) is 1.72. The van der Waals surface area contributed by atoms with E-state index < -0.39 is 0 Å². The van der Waals surface area contributed by atoms with Crippen molar-refractivity contribution in [2.75, 3.05) is 7.11 Å². The van der Waals surface area contributed by atoms with Gasteiger partial charge in [0.25, 0.3) is 0 Å². The molecule has 0 aromatic heterocycles. The minimum atomic E-state index is 0.0821. The highest BCUT2D eigenvalue weighted by molar-refractivity contribution is 9.10. The van der Waals surface area contributed by atoms with Crippen molar-refractivity contribution in [3.8, 4) is 5.75 Å². The van der Waals surface area contributed by atoms with Crippen LogP contribution >= 0.6 is 27.5 Å². The normalized spacial score (nSPS) is 20.9. The predicted octanol–water partition coefficient (Wildman–Crippen LogP) is 5.54. The Morgan fingerprint density at radius 1 is 1.24 bits per heavy atom. The van der Waals surface area contributed by atoms with E-state index >= 15 is 0 Å². The van der Waals surface area contributed by atoms with E-state index in [1.54, 1.807) is 7.11 Å². The SMILES string of the molecule is COc1ccc(Br)cc1CC1CCc2ccccc2C1Cl. The lowest BCUT2D eigenvalue weighted by atomic mass is 9.80. The Hall–Kier alpha value is -0.990. The zero-order chi connectivity index (χ0) is 14.8. The monoisotopic (exact) mass is 364 g/mol. The number of benzene rings is 2. The van der Waals surface area contributed by atoms with Crippen LogP contribution in [0, 0.1) is 5.92 Å². The first-order valence-electron chi connectivity index (χ1n) is 7.23. The zero-order valence-electron chi connectivity index (χ0n) is 12.0. The molecule has 2 atom stereocenters. The van der Waals surface area contributed by atoms with Gasteiger partial charge in [0.15, 0.2) is 0 Å². The lowest BCUT2D eigenvalue weighted by molar-refractivity contribution is 0.394. The third kappa shape index (κ3) is 3.12. The average molecular weight is 366 g/mol. The van der Waals surface area contributed by atoms with Gasteiger partial charge in [-0.1, -0.05) is 40.2 Å². The number of rotatable bonds is 3. The van der Waals surface area contributed by atoms with Gasteiger partial charge in [0.2, 0.25) is 0 Å². The summed E-state index contributed by atoms with van der Waals surface area (Å²) in [6.07, 6.45) is 3.19. The maximum absolute atomic E-state index is 6.75. The first kappa shape index (κ1) is 14.9. The quantitative estimate of drug-likeness (QED) is 0.649. The van der Waals surface area contributed by atoms with Crippen molar-refractivity contribution >= 4 is 27.5 Å². The second-order valence-electron chi connectivity index (χ2n) is 5.56. The highest BCUT2D eigenvalue weighted by Crippen LogP contribution is 2.41. The van der Waals surface area contributed by atoms with E-state index in [1.165, 1.54) is 16.7 Å². The van der Waals surface area contributed by atoms with Crippen LogP contribution in [0.4, 0.5) is 0 Å². The Kier molecular flexibility index (Phi) is 4.56. The molecule has 0 bridgehead atoms. The number of hydrogen-bond donors (Lipinski definition) is 0. The number of alkyl halides is 1. The maximum atomic E-state index is 6.75. The van der Waals surface area contributed by atoms with Crippen LogP contribution in [0.15, 0.2) is 46.9 Å². The van der Waals surface area contributed by atoms with E-state index in [0.717, 1.165) is 29.5 Å². The fourth-order valence-corrected chi connectivity index (χ4v) is 4.00. The van der Waals surface area contributed by atoms with Crippen molar-refractivity contribution in [3.05, 3.63) is 63.6 Å². The van der Waals surface area contributed by atoms with Crippen LogP contribution in [0.2, 0.25) is 0 Å². The molecule has 2 unspecified atom stereocenters. The average Bonchev–Trinajstić information content (AvgIpc) is 2.51. The molecule has 3 heteroatoms. The van der Waals surface area contributed by atoms with E-state index in [-0.39, 0.29) is 5.38 Å². The number of fused-ring (bicyclic) bond motifs is 1. The Morgan fingerprint density at radius 3 is 2.86 bits per heavy atom. The molecule has 2 aromatic rings. The van der Waals surface area contributed by atoms with Crippen LogP contribution in [0.1, 0.15) is 28.5 Å². The van der Waals surface area contributed by atoms with Gasteiger partial charge in [0.05, 0.1) is 12.5 Å². The predicted molar refractivity (Wildman–Crippen MR) is 91.2 cm³/mol. The Labute approximate surface area is 139 Å². The van der Waals surface area contributed by atoms with Gasteiger partial charge in [-0.3, -0.25) is 0 Å². The van der Waals surface area contributed by atoms with E-state index in [0.29, 0.717) is 5.92 Å². The Bertz CT molecular complexity index is 641. The molecule has 110 valence electrons. The number of hydrogen-bond acceptors (Lipinski definition) is 1. The molecule has 0 radical (unpaired) electrons. The van der Waals surface area contributed by atoms with Gasteiger partial charge >= 0.3 is 0 Å². The second-order valence-corrected chi connectivity index (χ2v) is 6.95. The third-order valence-corrected chi connectivity index (χ3v) is 5.36. The molecule has 0 amide bonds. The molecule has 1 nitrogen and oxygen atoms in total. The van der Waals surface area contributed by atoms with Gasteiger partial charge < -0.3 is 4.74 Å². The summed E-state index contributed by atoms with van der Waals surface area (Å²) in [5, 5.41) is 0.0821. The van der Waals surface area contributed by atoms with Crippen LogP contribution in [0.25, 0.3) is 0 Å². The smallest absolute Gasteiger partial charge is 0.122 e. The van der Waals surface area contributed by atoms with E-state index in [4.69, 9.17) is 16.3 Å². The van der Waals surface area contributed by atoms with Crippen LogP contribution in [-0.2, 0) is 12.8 Å². The highest BCUT2D eigenvalue weighted by Gasteiger charge is 2.28. The zero-order valence-corrected chi connectivity index (χ0v) is 14.3. The number of ether oxygens (including phenoxy) is 1. The van der Waals surface area contributed by atoms with Crippen LogP contribution in [-0.4, -0.2) is 7.11 Å². The van der Waals surface area contributed by atoms with E-state index in [2.05, 4.69) is 46.3 Å². The van der Waals surface area contributed by atoms with Crippen molar-refractivity contribution in [1.29, 1.82) is 0 Å². The fourth-order valence-electron chi connectivity index (χ4n) is 3.17. The number of halogens is 2.